The van der Waals surface area contributed by atoms with Crippen LogP contribution in [0.3, 0.4) is 0 Å². The zero-order chi connectivity index (χ0) is 42.3. The van der Waals surface area contributed by atoms with Crippen molar-refractivity contribution >= 4 is 52.9 Å². The molecule has 4 unspecified atom stereocenters. The molecule has 2 saturated heterocycles. The van der Waals surface area contributed by atoms with Crippen molar-refractivity contribution in [3.05, 3.63) is 115 Å². The third-order valence-corrected chi connectivity index (χ3v) is 10.3. The SMILES string of the molecule is C=CCC(NC(=O)OC)C(=O)N1CCCC1C(=O)Nc1ccc(CN(Cc2ccc(NC(=O)C3CCCN3C(=O)C(CC=C)NC(=O)OC)cc2)c2ccccc2)cc1. The van der Waals surface area contributed by atoms with E-state index in [1.54, 1.807) is 0 Å². The first-order valence-electron chi connectivity index (χ1n) is 19.7. The molecule has 3 aromatic carbocycles. The fourth-order valence-electron chi connectivity index (χ4n) is 7.34. The van der Waals surface area contributed by atoms with E-state index < -0.39 is 36.4 Å². The highest BCUT2D eigenvalue weighted by Gasteiger charge is 2.39. The lowest BCUT2D eigenvalue weighted by atomic mass is 10.1. The second kappa shape index (κ2) is 21.2. The maximum absolute atomic E-state index is 13.4. The summed E-state index contributed by atoms with van der Waals surface area (Å²) in [6, 6.07) is 22.0. The van der Waals surface area contributed by atoms with Crippen LogP contribution in [0.25, 0.3) is 0 Å². The van der Waals surface area contributed by atoms with Gasteiger partial charge in [0.05, 0.1) is 14.2 Å². The van der Waals surface area contributed by atoms with E-state index in [4.69, 9.17) is 0 Å². The fraction of sp³-hybridized carbons (Fsp3) is 0.364. The smallest absolute Gasteiger partial charge is 0.407 e. The van der Waals surface area contributed by atoms with Crippen molar-refractivity contribution in [1.29, 1.82) is 0 Å². The van der Waals surface area contributed by atoms with Crippen LogP contribution in [0, 0.1) is 0 Å². The molecular weight excluding hydrogens is 755 g/mol. The van der Waals surface area contributed by atoms with Crippen molar-refractivity contribution in [2.24, 2.45) is 0 Å². The van der Waals surface area contributed by atoms with Crippen molar-refractivity contribution in [3.8, 4) is 0 Å². The Balaban J connectivity index is 1.20. The lowest BCUT2D eigenvalue weighted by molar-refractivity contribution is -0.138. The molecule has 2 fully saturated rings. The Bertz CT molecular complexity index is 1840. The summed E-state index contributed by atoms with van der Waals surface area (Å²) >= 11 is 0. The van der Waals surface area contributed by atoms with E-state index in [-0.39, 0.29) is 36.5 Å². The number of ether oxygens (including phenoxy) is 2. The standard InChI is InChI=1S/C44H53N7O8/c1-5-12-35(47-43(56)58-3)41(54)50-26-10-16-37(50)39(52)45-32-22-18-30(19-23-32)28-49(34-14-8-7-9-15-34)29-31-20-24-33(25-21-31)46-40(53)38-17-11-27-51(38)42(55)36(13-6-2)48-44(57)59-4/h5-9,14-15,18-25,35-38H,1-2,10-13,16-17,26-29H2,3-4H3,(H,45,52)(H,46,53)(H,47,56)(H,48,57). The summed E-state index contributed by atoms with van der Waals surface area (Å²) in [5.74, 6) is -1.33. The molecule has 2 aliphatic rings. The molecule has 312 valence electrons. The number of hydrogen-bond acceptors (Lipinski definition) is 9. The van der Waals surface area contributed by atoms with Crippen molar-refractivity contribution in [3.63, 3.8) is 0 Å². The van der Waals surface area contributed by atoms with Crippen LogP contribution in [0.1, 0.15) is 49.7 Å². The number of carbonyl (C=O) groups excluding carboxylic acids is 6. The molecule has 6 amide bonds. The summed E-state index contributed by atoms with van der Waals surface area (Å²) in [7, 11) is 2.44. The van der Waals surface area contributed by atoms with Gasteiger partial charge in [-0.2, -0.15) is 0 Å². The molecule has 4 atom stereocenters. The number of amides is 6. The summed E-state index contributed by atoms with van der Waals surface area (Å²) in [6.45, 7) is 9.27. The van der Waals surface area contributed by atoms with E-state index >= 15 is 0 Å². The Hall–Kier alpha value is -6.64. The Labute approximate surface area is 344 Å². The molecule has 4 N–H and O–H groups in total. The average molecular weight is 808 g/mol. The van der Waals surface area contributed by atoms with Gasteiger partial charge in [-0.3, -0.25) is 19.2 Å². The predicted octanol–water partition coefficient (Wildman–Crippen LogP) is 5.35. The maximum Gasteiger partial charge on any atom is 0.407 e. The molecule has 3 aromatic rings. The molecule has 15 heteroatoms. The third kappa shape index (κ3) is 11.7. The van der Waals surface area contributed by atoms with E-state index in [0.717, 1.165) is 16.8 Å². The molecule has 0 bridgehead atoms. The second-order valence-electron chi connectivity index (χ2n) is 14.4. The predicted molar refractivity (Wildman–Crippen MR) is 224 cm³/mol. The average Bonchev–Trinajstić information content (AvgIpc) is 3.96. The molecule has 0 spiro atoms. The van der Waals surface area contributed by atoms with Gasteiger partial charge in [0.2, 0.25) is 23.6 Å². The van der Waals surface area contributed by atoms with Gasteiger partial charge in [-0.1, -0.05) is 54.6 Å². The molecule has 0 radical (unpaired) electrons. The largest absolute Gasteiger partial charge is 0.453 e. The van der Waals surface area contributed by atoms with E-state index in [9.17, 15) is 28.8 Å². The lowest BCUT2D eigenvalue weighted by Crippen LogP contribution is -2.52. The Morgan fingerprint density at radius 3 is 1.44 bits per heavy atom. The number of para-hydroxylation sites is 1. The summed E-state index contributed by atoms with van der Waals surface area (Å²) in [4.78, 5) is 82.4. The van der Waals surface area contributed by atoms with Gasteiger partial charge in [-0.15, -0.1) is 13.2 Å². The minimum Gasteiger partial charge on any atom is -0.453 e. The number of nitrogens with zero attached hydrogens (tertiary/aromatic N) is 3. The van der Waals surface area contributed by atoms with Crippen LogP contribution in [0.5, 0.6) is 0 Å². The molecule has 15 nitrogen and oxygen atoms in total. The molecule has 0 saturated carbocycles. The summed E-state index contributed by atoms with van der Waals surface area (Å²) in [5.41, 5.74) is 4.20. The molecule has 59 heavy (non-hydrogen) atoms. The first-order valence-corrected chi connectivity index (χ1v) is 19.7. The molecule has 5 rings (SSSR count). The minimum absolute atomic E-state index is 0.200. The van der Waals surface area contributed by atoms with E-state index in [0.29, 0.717) is 63.2 Å². The number of rotatable bonds is 17. The highest BCUT2D eigenvalue weighted by atomic mass is 16.5. The van der Waals surface area contributed by atoms with Crippen molar-refractivity contribution in [2.75, 3.05) is 42.8 Å². The summed E-state index contributed by atoms with van der Waals surface area (Å²) < 4.78 is 9.34. The van der Waals surface area contributed by atoms with Crippen molar-refractivity contribution < 1.29 is 38.2 Å². The quantitative estimate of drug-likeness (QED) is 0.131. The van der Waals surface area contributed by atoms with Gasteiger partial charge >= 0.3 is 12.2 Å². The van der Waals surface area contributed by atoms with Gasteiger partial charge in [0.1, 0.15) is 24.2 Å². The highest BCUT2D eigenvalue weighted by Crippen LogP contribution is 2.25. The van der Waals surface area contributed by atoms with Gasteiger partial charge in [0.25, 0.3) is 0 Å². The summed E-state index contributed by atoms with van der Waals surface area (Å²) in [5, 5.41) is 11.0. The summed E-state index contributed by atoms with van der Waals surface area (Å²) in [6.07, 6.45) is 4.34. The van der Waals surface area contributed by atoms with Crippen molar-refractivity contribution in [2.45, 2.75) is 75.8 Å². The van der Waals surface area contributed by atoms with Gasteiger partial charge in [0, 0.05) is 43.2 Å². The molecular formula is C44H53N7O8. The Kier molecular flexibility index (Phi) is 15.6. The van der Waals surface area contributed by atoms with Gasteiger partial charge in [-0.25, -0.2) is 9.59 Å². The van der Waals surface area contributed by atoms with Crippen LogP contribution in [-0.4, -0.2) is 97.1 Å². The van der Waals surface area contributed by atoms with Gasteiger partial charge in [-0.05, 0) is 86.1 Å². The number of benzene rings is 3. The van der Waals surface area contributed by atoms with E-state index in [2.05, 4.69) is 48.8 Å². The normalized spacial score (nSPS) is 16.8. The highest BCUT2D eigenvalue weighted by molar-refractivity contribution is 5.99. The topological polar surface area (TPSA) is 179 Å². The minimum atomic E-state index is -0.883. The van der Waals surface area contributed by atoms with Crippen LogP contribution >= 0.6 is 0 Å². The van der Waals surface area contributed by atoms with E-state index in [1.807, 2.05) is 78.9 Å². The molecule has 0 aromatic heterocycles. The van der Waals surface area contributed by atoms with Crippen LogP contribution in [0.15, 0.2) is 104 Å². The van der Waals surface area contributed by atoms with Gasteiger partial charge < -0.3 is 45.4 Å². The molecule has 2 aliphatic heterocycles. The van der Waals surface area contributed by atoms with E-state index in [1.165, 1.54) is 36.2 Å². The number of likely N-dealkylation sites (tertiary alicyclic amines) is 2. The van der Waals surface area contributed by atoms with Gasteiger partial charge in [0.15, 0.2) is 0 Å². The Morgan fingerprint density at radius 1 is 0.661 bits per heavy atom. The third-order valence-electron chi connectivity index (χ3n) is 10.3. The zero-order valence-corrected chi connectivity index (χ0v) is 33.6. The maximum atomic E-state index is 13.4. The zero-order valence-electron chi connectivity index (χ0n) is 33.6. The number of methoxy groups -OCH3 is 2. The lowest BCUT2D eigenvalue weighted by Gasteiger charge is -2.28. The monoisotopic (exact) mass is 807 g/mol. The van der Waals surface area contributed by atoms with Crippen LogP contribution in [-0.2, 0) is 41.7 Å². The number of anilines is 3. The Morgan fingerprint density at radius 2 is 1.07 bits per heavy atom. The van der Waals surface area contributed by atoms with Crippen molar-refractivity contribution in [1.82, 2.24) is 20.4 Å². The van der Waals surface area contributed by atoms with Crippen LogP contribution in [0.4, 0.5) is 26.7 Å². The first kappa shape index (κ1) is 43.5. The second-order valence-corrected chi connectivity index (χ2v) is 14.4. The number of hydrogen-bond donors (Lipinski definition) is 4. The molecule has 0 aliphatic carbocycles. The van der Waals surface area contributed by atoms with Crippen LogP contribution in [0.2, 0.25) is 0 Å². The number of alkyl carbamates (subject to hydrolysis) is 2. The number of carbonyl (C=O) groups is 6. The fourth-order valence-corrected chi connectivity index (χ4v) is 7.34. The first-order chi connectivity index (χ1) is 28.5. The molecule has 2 heterocycles. The van der Waals surface area contributed by atoms with Crippen LogP contribution < -0.4 is 26.2 Å². The number of nitrogens with one attached hydrogen (secondary N) is 4.